The Bertz CT molecular complexity index is 1470. The number of hydrogen-bond acceptors (Lipinski definition) is 4. The number of carbonyl (C=O) groups is 2. The van der Waals surface area contributed by atoms with Gasteiger partial charge in [-0.15, -0.1) is 0 Å². The highest BCUT2D eigenvalue weighted by molar-refractivity contribution is 6.05. The van der Waals surface area contributed by atoms with Gasteiger partial charge in [0.05, 0.1) is 11.0 Å². The maximum absolute atomic E-state index is 13.2. The molecule has 4 N–H and O–H groups in total. The van der Waals surface area contributed by atoms with Gasteiger partial charge in [-0.05, 0) is 79.9 Å². The van der Waals surface area contributed by atoms with E-state index in [-0.39, 0.29) is 17.5 Å². The standard InChI is InChI=1S/C26H24FN5O3/c1-15(24(33)28-18-11-12-21-22(14-18)31-26(35)30-21)32-13-3-4-19-20(5-2-6-23(19)32)29-25(34)16-7-9-17(27)10-8-16/h2,5-12,14-15H,3-4,13H2,1H3,(H,28,33)(H,29,34)(H2,30,31,35). The van der Waals surface area contributed by atoms with Crippen LogP contribution in [0.5, 0.6) is 0 Å². The Balaban J connectivity index is 1.35. The summed E-state index contributed by atoms with van der Waals surface area (Å²) in [5, 5.41) is 5.86. The van der Waals surface area contributed by atoms with Gasteiger partial charge in [0.2, 0.25) is 5.91 Å². The van der Waals surface area contributed by atoms with Crippen LogP contribution in [-0.4, -0.2) is 34.4 Å². The number of fused-ring (bicyclic) bond motifs is 2. The molecule has 3 aromatic carbocycles. The van der Waals surface area contributed by atoms with Crippen molar-refractivity contribution in [2.45, 2.75) is 25.8 Å². The highest BCUT2D eigenvalue weighted by Gasteiger charge is 2.28. The molecule has 178 valence electrons. The average molecular weight is 474 g/mol. The zero-order valence-corrected chi connectivity index (χ0v) is 19.0. The zero-order valence-electron chi connectivity index (χ0n) is 19.0. The molecule has 0 saturated heterocycles. The summed E-state index contributed by atoms with van der Waals surface area (Å²) >= 11 is 0. The molecule has 0 spiro atoms. The van der Waals surface area contributed by atoms with Crippen molar-refractivity contribution in [3.8, 4) is 0 Å². The van der Waals surface area contributed by atoms with Gasteiger partial charge < -0.3 is 25.5 Å². The number of halogens is 1. The van der Waals surface area contributed by atoms with Crippen LogP contribution in [0.4, 0.5) is 21.5 Å². The summed E-state index contributed by atoms with van der Waals surface area (Å²) in [6, 6.07) is 15.7. The smallest absolute Gasteiger partial charge is 0.323 e. The molecule has 1 atom stereocenters. The molecule has 5 rings (SSSR count). The Morgan fingerprint density at radius 1 is 1.00 bits per heavy atom. The second-order valence-electron chi connectivity index (χ2n) is 8.57. The Morgan fingerprint density at radius 2 is 1.77 bits per heavy atom. The molecule has 0 fully saturated rings. The minimum Gasteiger partial charge on any atom is -0.359 e. The van der Waals surface area contributed by atoms with Crippen LogP contribution in [0.15, 0.2) is 65.5 Å². The molecule has 8 nitrogen and oxygen atoms in total. The summed E-state index contributed by atoms with van der Waals surface area (Å²) in [6.07, 6.45) is 1.59. The van der Waals surface area contributed by atoms with Gasteiger partial charge in [0.15, 0.2) is 0 Å². The highest BCUT2D eigenvalue weighted by atomic mass is 19.1. The lowest BCUT2D eigenvalue weighted by Crippen LogP contribution is -2.44. The Hall–Kier alpha value is -4.40. The number of imidazole rings is 1. The number of nitrogens with one attached hydrogen (secondary N) is 4. The van der Waals surface area contributed by atoms with E-state index in [4.69, 9.17) is 0 Å². The molecule has 4 aromatic rings. The number of hydrogen-bond donors (Lipinski definition) is 4. The molecule has 1 aliphatic heterocycles. The fourth-order valence-electron chi connectivity index (χ4n) is 4.47. The van der Waals surface area contributed by atoms with E-state index in [0.29, 0.717) is 34.5 Å². The lowest BCUT2D eigenvalue weighted by molar-refractivity contribution is -0.117. The fraction of sp³-hybridized carbons (Fsp3) is 0.192. The van der Waals surface area contributed by atoms with Crippen molar-refractivity contribution in [3.05, 3.63) is 88.1 Å². The van der Waals surface area contributed by atoms with Crippen LogP contribution < -0.4 is 21.2 Å². The first-order valence-electron chi connectivity index (χ1n) is 11.4. The molecule has 0 bridgehead atoms. The van der Waals surface area contributed by atoms with E-state index in [0.717, 1.165) is 24.1 Å². The van der Waals surface area contributed by atoms with Gasteiger partial charge in [0, 0.05) is 29.2 Å². The van der Waals surface area contributed by atoms with Crippen molar-refractivity contribution in [1.82, 2.24) is 9.97 Å². The lowest BCUT2D eigenvalue weighted by Gasteiger charge is -2.36. The second-order valence-corrected chi connectivity index (χ2v) is 8.57. The first-order chi connectivity index (χ1) is 16.9. The maximum atomic E-state index is 13.2. The van der Waals surface area contributed by atoms with Crippen molar-refractivity contribution in [1.29, 1.82) is 0 Å². The molecule has 2 amide bonds. The third-order valence-corrected chi connectivity index (χ3v) is 6.27. The Kier molecular flexibility index (Phi) is 5.82. The van der Waals surface area contributed by atoms with Gasteiger partial charge in [-0.3, -0.25) is 9.59 Å². The lowest BCUT2D eigenvalue weighted by atomic mass is 9.97. The number of aromatic nitrogens is 2. The summed E-state index contributed by atoms with van der Waals surface area (Å²) in [7, 11) is 0. The van der Waals surface area contributed by atoms with Gasteiger partial charge in [-0.25, -0.2) is 9.18 Å². The van der Waals surface area contributed by atoms with Crippen molar-refractivity contribution in [2.24, 2.45) is 0 Å². The Morgan fingerprint density at radius 3 is 2.57 bits per heavy atom. The number of benzene rings is 3. The van der Waals surface area contributed by atoms with Crippen LogP contribution in [0.3, 0.4) is 0 Å². The van der Waals surface area contributed by atoms with Crippen LogP contribution in [0, 0.1) is 5.82 Å². The van der Waals surface area contributed by atoms with Crippen LogP contribution >= 0.6 is 0 Å². The van der Waals surface area contributed by atoms with Crippen LogP contribution in [-0.2, 0) is 11.2 Å². The molecule has 2 heterocycles. The van der Waals surface area contributed by atoms with Crippen LogP contribution in [0.2, 0.25) is 0 Å². The Labute approximate surface area is 200 Å². The third kappa shape index (κ3) is 4.52. The molecule has 1 aromatic heterocycles. The number of amides is 2. The van der Waals surface area contributed by atoms with Crippen LogP contribution in [0.25, 0.3) is 11.0 Å². The number of carbonyl (C=O) groups excluding carboxylic acids is 2. The van der Waals surface area contributed by atoms with Gasteiger partial charge in [0.25, 0.3) is 5.91 Å². The normalized spacial score (nSPS) is 13.8. The molecule has 9 heteroatoms. The number of anilines is 3. The van der Waals surface area contributed by atoms with Gasteiger partial charge >= 0.3 is 5.69 Å². The largest absolute Gasteiger partial charge is 0.359 e. The first-order valence-corrected chi connectivity index (χ1v) is 11.4. The molecular formula is C26H24FN5O3. The van der Waals surface area contributed by atoms with Crippen molar-refractivity contribution < 1.29 is 14.0 Å². The predicted molar refractivity (Wildman–Crippen MR) is 133 cm³/mol. The third-order valence-electron chi connectivity index (χ3n) is 6.27. The van der Waals surface area contributed by atoms with Gasteiger partial charge in [-0.2, -0.15) is 0 Å². The average Bonchev–Trinajstić information content (AvgIpc) is 3.23. The summed E-state index contributed by atoms with van der Waals surface area (Å²) in [4.78, 5) is 44.7. The second kappa shape index (κ2) is 9.09. The van der Waals surface area contributed by atoms with E-state index in [9.17, 15) is 18.8 Å². The molecule has 1 aliphatic rings. The van der Waals surface area contributed by atoms with E-state index in [1.54, 1.807) is 18.2 Å². The number of nitrogens with zero attached hydrogens (tertiary/aromatic N) is 1. The minimum absolute atomic E-state index is 0.184. The van der Waals surface area contributed by atoms with Crippen molar-refractivity contribution >= 4 is 39.9 Å². The summed E-state index contributed by atoms with van der Waals surface area (Å²) in [6.45, 7) is 2.53. The molecular weight excluding hydrogens is 449 g/mol. The monoisotopic (exact) mass is 473 g/mol. The number of H-pyrrole nitrogens is 2. The van der Waals surface area contributed by atoms with E-state index >= 15 is 0 Å². The minimum atomic E-state index is -0.474. The summed E-state index contributed by atoms with van der Waals surface area (Å²) in [5.74, 6) is -0.904. The van der Waals surface area contributed by atoms with E-state index in [2.05, 4.69) is 20.6 Å². The molecule has 1 unspecified atom stereocenters. The van der Waals surface area contributed by atoms with E-state index < -0.39 is 11.9 Å². The highest BCUT2D eigenvalue weighted by Crippen LogP contribution is 2.34. The van der Waals surface area contributed by atoms with Crippen LogP contribution in [0.1, 0.15) is 29.3 Å². The summed E-state index contributed by atoms with van der Waals surface area (Å²) < 4.78 is 13.2. The van der Waals surface area contributed by atoms with Crippen molar-refractivity contribution in [2.75, 3.05) is 22.1 Å². The zero-order chi connectivity index (χ0) is 24.5. The SMILES string of the molecule is CC(C(=O)Nc1ccc2[nH]c(=O)[nH]c2c1)N1CCCc2c(NC(=O)c3ccc(F)cc3)cccc21. The topological polar surface area (TPSA) is 110 Å². The molecule has 35 heavy (non-hydrogen) atoms. The number of aromatic amines is 2. The summed E-state index contributed by atoms with van der Waals surface area (Å²) in [5.41, 5.74) is 4.46. The number of rotatable bonds is 5. The fourth-order valence-corrected chi connectivity index (χ4v) is 4.47. The van der Waals surface area contributed by atoms with Gasteiger partial charge in [-0.1, -0.05) is 6.07 Å². The molecule has 0 aliphatic carbocycles. The first kappa shape index (κ1) is 22.4. The maximum Gasteiger partial charge on any atom is 0.323 e. The predicted octanol–water partition coefficient (Wildman–Crippen LogP) is 4.03. The van der Waals surface area contributed by atoms with E-state index in [1.165, 1.54) is 24.3 Å². The van der Waals surface area contributed by atoms with E-state index in [1.807, 2.05) is 30.0 Å². The van der Waals surface area contributed by atoms with Crippen molar-refractivity contribution in [3.63, 3.8) is 0 Å². The molecule has 0 radical (unpaired) electrons. The molecule has 0 saturated carbocycles. The quantitative estimate of drug-likeness (QED) is 0.351. The van der Waals surface area contributed by atoms with Gasteiger partial charge in [0.1, 0.15) is 11.9 Å².